The normalized spacial score (nSPS) is 11.8. The van der Waals surface area contributed by atoms with Crippen LogP contribution in [0.4, 0.5) is 5.82 Å². The Morgan fingerprint density at radius 1 is 1.41 bits per heavy atom. The van der Waals surface area contributed by atoms with Crippen molar-refractivity contribution in [3.05, 3.63) is 47.5 Å². The number of nitrogens with one attached hydrogen (secondary N) is 1. The third kappa shape index (κ3) is 2.45. The van der Waals surface area contributed by atoms with Gasteiger partial charge in [-0.3, -0.25) is 0 Å². The maximum atomic E-state index is 9.00. The van der Waals surface area contributed by atoms with Gasteiger partial charge in [0.2, 0.25) is 0 Å². The van der Waals surface area contributed by atoms with Crippen LogP contribution in [0.3, 0.4) is 0 Å². The lowest BCUT2D eigenvalue weighted by molar-refractivity contribution is 0.490. The number of pyridine rings is 1. The minimum atomic E-state index is -0.0219. The highest BCUT2D eigenvalue weighted by Crippen LogP contribution is 2.20. The number of hydrogen-bond donors (Lipinski definition) is 1. The van der Waals surface area contributed by atoms with Crippen molar-refractivity contribution < 1.29 is 4.42 Å². The van der Waals surface area contributed by atoms with E-state index < -0.39 is 0 Å². The minimum Gasteiger partial charge on any atom is -0.467 e. The third-order valence-corrected chi connectivity index (χ3v) is 2.48. The monoisotopic (exact) mass is 227 g/mol. The topological polar surface area (TPSA) is 61.9 Å². The number of aryl methyl sites for hydroxylation is 1. The van der Waals surface area contributed by atoms with Crippen LogP contribution in [0.25, 0.3) is 0 Å². The molecular weight excluding hydrogens is 214 g/mol. The van der Waals surface area contributed by atoms with E-state index in [9.17, 15) is 0 Å². The second-order valence-corrected chi connectivity index (χ2v) is 3.84. The van der Waals surface area contributed by atoms with Crippen LogP contribution in [0.2, 0.25) is 0 Å². The maximum Gasteiger partial charge on any atom is 0.144 e. The Morgan fingerprint density at radius 2 is 2.24 bits per heavy atom. The fourth-order valence-electron chi connectivity index (χ4n) is 1.57. The lowest BCUT2D eigenvalue weighted by atomic mass is 10.2. The van der Waals surface area contributed by atoms with Crippen molar-refractivity contribution >= 4 is 5.82 Å². The first-order valence-corrected chi connectivity index (χ1v) is 5.38. The molecule has 2 aromatic rings. The molecule has 86 valence electrons. The summed E-state index contributed by atoms with van der Waals surface area (Å²) in [6.07, 6.45) is 1.63. The Kier molecular flexibility index (Phi) is 3.10. The highest BCUT2D eigenvalue weighted by molar-refractivity contribution is 5.53. The molecule has 2 heterocycles. The third-order valence-electron chi connectivity index (χ3n) is 2.48. The van der Waals surface area contributed by atoms with Gasteiger partial charge in [0.1, 0.15) is 17.6 Å². The van der Waals surface area contributed by atoms with Crippen LogP contribution in [0.5, 0.6) is 0 Å². The van der Waals surface area contributed by atoms with E-state index in [1.165, 1.54) is 0 Å². The highest BCUT2D eigenvalue weighted by atomic mass is 16.3. The molecule has 4 heteroatoms. The van der Waals surface area contributed by atoms with Crippen LogP contribution in [0.15, 0.2) is 34.9 Å². The Bertz CT molecular complexity index is 540. The van der Waals surface area contributed by atoms with Crippen molar-refractivity contribution in [1.29, 1.82) is 5.26 Å². The van der Waals surface area contributed by atoms with E-state index in [1.54, 1.807) is 12.3 Å². The van der Waals surface area contributed by atoms with Gasteiger partial charge in [0.25, 0.3) is 0 Å². The lowest BCUT2D eigenvalue weighted by Crippen LogP contribution is -2.09. The second kappa shape index (κ2) is 4.71. The molecule has 0 aliphatic carbocycles. The Labute approximate surface area is 99.9 Å². The summed E-state index contributed by atoms with van der Waals surface area (Å²) in [5.74, 6) is 1.41. The van der Waals surface area contributed by atoms with Crippen LogP contribution >= 0.6 is 0 Å². The van der Waals surface area contributed by atoms with E-state index >= 15 is 0 Å². The highest BCUT2D eigenvalue weighted by Gasteiger charge is 2.11. The molecule has 0 radical (unpaired) electrons. The van der Waals surface area contributed by atoms with Crippen LogP contribution in [-0.2, 0) is 0 Å². The van der Waals surface area contributed by atoms with Crippen LogP contribution in [0.1, 0.15) is 30.0 Å². The molecule has 1 N–H and O–H groups in total. The van der Waals surface area contributed by atoms with Crippen LogP contribution < -0.4 is 5.32 Å². The predicted octanol–water partition coefficient (Wildman–Crippen LogP) is 3.03. The van der Waals surface area contributed by atoms with Gasteiger partial charge >= 0.3 is 0 Å². The molecule has 2 aromatic heterocycles. The largest absolute Gasteiger partial charge is 0.467 e. The van der Waals surface area contributed by atoms with Gasteiger partial charge < -0.3 is 9.73 Å². The fraction of sp³-hybridized carbons (Fsp3) is 0.231. The van der Waals surface area contributed by atoms with Gasteiger partial charge in [-0.1, -0.05) is 0 Å². The summed E-state index contributed by atoms with van der Waals surface area (Å²) in [7, 11) is 0. The van der Waals surface area contributed by atoms with Crippen molar-refractivity contribution in [1.82, 2.24) is 4.98 Å². The van der Waals surface area contributed by atoms with Gasteiger partial charge in [-0.05, 0) is 38.1 Å². The standard InChI is InChI=1S/C13H13N3O/c1-9-5-6-11(8-14)13(15-9)16-10(2)12-4-3-7-17-12/h3-7,10H,1-2H3,(H,15,16). The molecule has 0 aliphatic rings. The van der Waals surface area contributed by atoms with Crippen molar-refractivity contribution in [2.45, 2.75) is 19.9 Å². The first-order valence-electron chi connectivity index (χ1n) is 5.38. The zero-order valence-corrected chi connectivity index (χ0v) is 9.77. The molecule has 0 aromatic carbocycles. The molecule has 0 bridgehead atoms. The minimum absolute atomic E-state index is 0.0219. The summed E-state index contributed by atoms with van der Waals surface area (Å²) in [6.45, 7) is 3.86. The first-order chi connectivity index (χ1) is 8.20. The molecule has 17 heavy (non-hydrogen) atoms. The van der Waals surface area contributed by atoms with E-state index in [0.29, 0.717) is 11.4 Å². The molecule has 2 rings (SSSR count). The summed E-state index contributed by atoms with van der Waals surface area (Å²) < 4.78 is 5.30. The number of nitriles is 1. The molecule has 1 atom stereocenters. The van der Waals surface area contributed by atoms with Crippen molar-refractivity contribution in [3.8, 4) is 6.07 Å². The van der Waals surface area contributed by atoms with E-state index in [1.807, 2.05) is 32.0 Å². The molecular formula is C13H13N3O. The second-order valence-electron chi connectivity index (χ2n) is 3.84. The number of furan rings is 1. The van der Waals surface area contributed by atoms with Gasteiger partial charge in [0.15, 0.2) is 0 Å². The average molecular weight is 227 g/mol. The van der Waals surface area contributed by atoms with E-state index in [-0.39, 0.29) is 6.04 Å². The fourth-order valence-corrected chi connectivity index (χ4v) is 1.57. The summed E-state index contributed by atoms with van der Waals surface area (Å²) >= 11 is 0. The van der Waals surface area contributed by atoms with E-state index in [2.05, 4.69) is 16.4 Å². The zero-order chi connectivity index (χ0) is 12.3. The molecule has 0 saturated carbocycles. The van der Waals surface area contributed by atoms with Gasteiger partial charge in [-0.2, -0.15) is 5.26 Å². The Morgan fingerprint density at radius 3 is 2.88 bits per heavy atom. The Balaban J connectivity index is 2.24. The number of nitrogens with zero attached hydrogens (tertiary/aromatic N) is 2. The maximum absolute atomic E-state index is 9.00. The van der Waals surface area contributed by atoms with Gasteiger partial charge in [0, 0.05) is 5.69 Å². The lowest BCUT2D eigenvalue weighted by Gasteiger charge is -2.13. The van der Waals surface area contributed by atoms with Crippen LogP contribution in [0, 0.1) is 18.3 Å². The van der Waals surface area contributed by atoms with Crippen LogP contribution in [-0.4, -0.2) is 4.98 Å². The molecule has 0 amide bonds. The summed E-state index contributed by atoms with van der Waals surface area (Å²) in [4.78, 5) is 4.32. The van der Waals surface area contributed by atoms with Crippen molar-refractivity contribution in [2.75, 3.05) is 5.32 Å². The van der Waals surface area contributed by atoms with E-state index in [0.717, 1.165) is 11.5 Å². The Hall–Kier alpha value is -2.28. The van der Waals surface area contributed by atoms with Crippen molar-refractivity contribution in [2.24, 2.45) is 0 Å². The molecule has 0 saturated heterocycles. The molecule has 4 nitrogen and oxygen atoms in total. The number of hydrogen-bond acceptors (Lipinski definition) is 4. The molecule has 0 fully saturated rings. The quantitative estimate of drug-likeness (QED) is 0.875. The molecule has 0 aliphatic heterocycles. The average Bonchev–Trinajstić information content (AvgIpc) is 2.83. The summed E-state index contributed by atoms with van der Waals surface area (Å²) in [5, 5.41) is 12.2. The smallest absolute Gasteiger partial charge is 0.144 e. The number of aromatic nitrogens is 1. The van der Waals surface area contributed by atoms with Gasteiger partial charge in [-0.25, -0.2) is 4.98 Å². The van der Waals surface area contributed by atoms with Gasteiger partial charge in [0.05, 0.1) is 17.9 Å². The molecule has 0 spiro atoms. The van der Waals surface area contributed by atoms with Crippen molar-refractivity contribution in [3.63, 3.8) is 0 Å². The first kappa shape index (κ1) is 11.2. The molecule has 1 unspecified atom stereocenters. The zero-order valence-electron chi connectivity index (χ0n) is 9.77. The predicted molar refractivity (Wildman–Crippen MR) is 64.4 cm³/mol. The SMILES string of the molecule is Cc1ccc(C#N)c(NC(C)c2ccco2)n1. The van der Waals surface area contributed by atoms with E-state index in [4.69, 9.17) is 9.68 Å². The number of anilines is 1. The number of rotatable bonds is 3. The van der Waals surface area contributed by atoms with Gasteiger partial charge in [-0.15, -0.1) is 0 Å². The summed E-state index contributed by atoms with van der Waals surface area (Å²) in [5.41, 5.74) is 1.41. The summed E-state index contributed by atoms with van der Waals surface area (Å²) in [6, 6.07) is 9.40.